The predicted molar refractivity (Wildman–Crippen MR) is 102 cm³/mol. The van der Waals surface area contributed by atoms with Gasteiger partial charge in [0.1, 0.15) is 0 Å². The Labute approximate surface area is 152 Å². The van der Waals surface area contributed by atoms with Gasteiger partial charge in [-0.15, -0.1) is 0 Å². The van der Waals surface area contributed by atoms with Crippen LogP contribution in [0.3, 0.4) is 0 Å². The molecule has 0 bridgehead atoms. The maximum atomic E-state index is 11.7. The van der Waals surface area contributed by atoms with Crippen LogP contribution in [-0.4, -0.2) is 35.2 Å². The fourth-order valence-electron chi connectivity index (χ4n) is 2.61. The minimum Gasteiger partial charge on any atom is -0.479 e. The van der Waals surface area contributed by atoms with Crippen molar-refractivity contribution in [3.8, 4) is 0 Å². The van der Waals surface area contributed by atoms with E-state index >= 15 is 0 Å². The molecule has 0 aliphatic rings. The molecular weight excluding hydrogens is 324 g/mol. The first-order valence-corrected chi connectivity index (χ1v) is 10.9. The first kappa shape index (κ1) is 23.3. The van der Waals surface area contributed by atoms with Crippen molar-refractivity contribution < 1.29 is 19.4 Å². The molecule has 5 heteroatoms. The Kier molecular flexibility index (Phi) is 16.6. The summed E-state index contributed by atoms with van der Waals surface area (Å²) in [6, 6.07) is 0. The number of esters is 1. The summed E-state index contributed by atoms with van der Waals surface area (Å²) in [5, 5.41) is 9.02. The molecule has 142 valence electrons. The molecule has 0 saturated carbocycles. The normalized spacial score (nSPS) is 12.1. The Morgan fingerprint density at radius 2 is 1.42 bits per heavy atom. The largest absolute Gasteiger partial charge is 0.479 e. The van der Waals surface area contributed by atoms with Crippen molar-refractivity contribution in [3.63, 3.8) is 0 Å². The van der Waals surface area contributed by atoms with Gasteiger partial charge < -0.3 is 9.84 Å². The highest BCUT2D eigenvalue weighted by atomic mass is 32.2. The third-order valence-electron chi connectivity index (χ3n) is 4.12. The molecule has 1 atom stereocenters. The standard InChI is InChI=1S/C19H36O4S/c1-3-4-5-6-7-8-9-10-11-12-13-14-18(20)23-17(19(21)22)15-16-24-2/h17H,3-16H2,1-2H3,(H,21,22). The van der Waals surface area contributed by atoms with Gasteiger partial charge >= 0.3 is 11.9 Å². The number of carbonyl (C=O) groups excluding carboxylic acids is 1. The minimum absolute atomic E-state index is 0.333. The van der Waals surface area contributed by atoms with Gasteiger partial charge in [-0.25, -0.2) is 4.79 Å². The van der Waals surface area contributed by atoms with Crippen molar-refractivity contribution in [2.75, 3.05) is 12.0 Å². The van der Waals surface area contributed by atoms with E-state index in [1.54, 1.807) is 11.8 Å². The van der Waals surface area contributed by atoms with Crippen molar-refractivity contribution in [2.45, 2.75) is 96.5 Å². The Hall–Kier alpha value is -0.710. The Bertz CT molecular complexity index is 320. The first-order chi connectivity index (χ1) is 11.6. The van der Waals surface area contributed by atoms with E-state index in [0.29, 0.717) is 18.6 Å². The van der Waals surface area contributed by atoms with Crippen molar-refractivity contribution in [1.29, 1.82) is 0 Å². The predicted octanol–water partition coefficient (Wildman–Crippen LogP) is 5.44. The second kappa shape index (κ2) is 17.1. The monoisotopic (exact) mass is 360 g/mol. The number of hydrogen-bond donors (Lipinski definition) is 1. The number of hydrogen-bond acceptors (Lipinski definition) is 4. The second-order valence-corrected chi connectivity index (χ2v) is 7.37. The van der Waals surface area contributed by atoms with Gasteiger partial charge in [0, 0.05) is 12.8 Å². The number of rotatable bonds is 17. The Morgan fingerprint density at radius 1 is 0.917 bits per heavy atom. The van der Waals surface area contributed by atoms with Crippen molar-refractivity contribution in [1.82, 2.24) is 0 Å². The van der Waals surface area contributed by atoms with Gasteiger partial charge in [-0.1, -0.05) is 71.1 Å². The molecule has 24 heavy (non-hydrogen) atoms. The van der Waals surface area contributed by atoms with Gasteiger partial charge in [-0.05, 0) is 18.4 Å². The van der Waals surface area contributed by atoms with E-state index in [1.807, 2.05) is 6.26 Å². The maximum absolute atomic E-state index is 11.7. The first-order valence-electron chi connectivity index (χ1n) is 9.53. The van der Waals surface area contributed by atoms with Crippen LogP contribution in [0.5, 0.6) is 0 Å². The number of thioether (sulfide) groups is 1. The van der Waals surface area contributed by atoms with Gasteiger partial charge in [0.25, 0.3) is 0 Å². The number of ether oxygens (including phenoxy) is 1. The average Bonchev–Trinajstić information content (AvgIpc) is 2.56. The third kappa shape index (κ3) is 14.9. The highest BCUT2D eigenvalue weighted by Crippen LogP contribution is 2.13. The SMILES string of the molecule is CCCCCCCCCCCCCC(=O)OC(CCSC)C(=O)O. The Morgan fingerprint density at radius 3 is 1.88 bits per heavy atom. The Balaban J connectivity index is 3.49. The number of carbonyl (C=O) groups is 2. The topological polar surface area (TPSA) is 63.6 Å². The molecule has 0 rings (SSSR count). The molecule has 0 saturated heterocycles. The van der Waals surface area contributed by atoms with Crippen LogP contribution in [0.2, 0.25) is 0 Å². The second-order valence-electron chi connectivity index (χ2n) is 6.38. The quantitative estimate of drug-likeness (QED) is 0.276. The lowest BCUT2D eigenvalue weighted by atomic mass is 10.1. The van der Waals surface area contributed by atoms with E-state index in [0.717, 1.165) is 19.3 Å². The summed E-state index contributed by atoms with van der Waals surface area (Å²) in [5.41, 5.74) is 0. The number of unbranched alkanes of at least 4 members (excludes halogenated alkanes) is 10. The molecule has 4 nitrogen and oxygen atoms in total. The van der Waals surface area contributed by atoms with E-state index in [1.165, 1.54) is 51.4 Å². The molecule has 1 N–H and O–H groups in total. The molecule has 0 fully saturated rings. The molecule has 0 heterocycles. The molecular formula is C19H36O4S. The molecule has 1 unspecified atom stereocenters. The lowest BCUT2D eigenvalue weighted by molar-refractivity contribution is -0.164. The van der Waals surface area contributed by atoms with Crippen molar-refractivity contribution in [3.05, 3.63) is 0 Å². The zero-order valence-corrected chi connectivity index (χ0v) is 16.4. The summed E-state index contributed by atoms with van der Waals surface area (Å²) < 4.78 is 5.05. The van der Waals surface area contributed by atoms with Crippen LogP contribution in [-0.2, 0) is 14.3 Å². The summed E-state index contributed by atoms with van der Waals surface area (Å²) in [7, 11) is 0. The van der Waals surface area contributed by atoms with Crippen LogP contribution >= 0.6 is 11.8 Å². The molecule has 0 aromatic heterocycles. The number of carboxylic acids is 1. The zero-order valence-electron chi connectivity index (χ0n) is 15.6. The molecule has 0 amide bonds. The molecule has 0 radical (unpaired) electrons. The maximum Gasteiger partial charge on any atom is 0.345 e. The van der Waals surface area contributed by atoms with E-state index in [-0.39, 0.29) is 5.97 Å². The van der Waals surface area contributed by atoms with E-state index in [2.05, 4.69) is 6.92 Å². The lowest BCUT2D eigenvalue weighted by Gasteiger charge is -2.13. The van der Waals surface area contributed by atoms with Gasteiger partial charge in [0.05, 0.1) is 0 Å². The van der Waals surface area contributed by atoms with Crippen molar-refractivity contribution in [2.24, 2.45) is 0 Å². The van der Waals surface area contributed by atoms with Crippen LogP contribution in [0.1, 0.15) is 90.4 Å². The highest BCUT2D eigenvalue weighted by Gasteiger charge is 2.21. The van der Waals surface area contributed by atoms with Gasteiger partial charge in [-0.3, -0.25) is 4.79 Å². The summed E-state index contributed by atoms with van der Waals surface area (Å²) in [6.45, 7) is 2.24. The molecule has 0 spiro atoms. The lowest BCUT2D eigenvalue weighted by Crippen LogP contribution is -2.27. The van der Waals surface area contributed by atoms with Crippen LogP contribution < -0.4 is 0 Å². The fourth-order valence-corrected chi connectivity index (χ4v) is 3.06. The van der Waals surface area contributed by atoms with Crippen LogP contribution in [0, 0.1) is 0 Å². The minimum atomic E-state index is -1.05. The molecule has 0 aromatic rings. The smallest absolute Gasteiger partial charge is 0.345 e. The molecule has 0 aromatic carbocycles. The summed E-state index contributed by atoms with van der Waals surface area (Å²) in [5.74, 6) is -0.737. The average molecular weight is 361 g/mol. The van der Waals surface area contributed by atoms with Crippen LogP contribution in [0.25, 0.3) is 0 Å². The number of carboxylic acid groups (broad SMARTS) is 1. The summed E-state index contributed by atoms with van der Waals surface area (Å²) in [4.78, 5) is 22.7. The van der Waals surface area contributed by atoms with E-state index < -0.39 is 12.1 Å². The van der Waals surface area contributed by atoms with Gasteiger partial charge in [0.2, 0.25) is 0 Å². The van der Waals surface area contributed by atoms with Crippen LogP contribution in [0.15, 0.2) is 0 Å². The van der Waals surface area contributed by atoms with Gasteiger partial charge in [-0.2, -0.15) is 11.8 Å². The van der Waals surface area contributed by atoms with Crippen molar-refractivity contribution >= 4 is 23.7 Å². The fraction of sp³-hybridized carbons (Fsp3) is 0.895. The van der Waals surface area contributed by atoms with Crippen LogP contribution in [0.4, 0.5) is 0 Å². The number of aliphatic carboxylic acids is 1. The van der Waals surface area contributed by atoms with E-state index in [4.69, 9.17) is 9.84 Å². The summed E-state index contributed by atoms with van der Waals surface area (Å²) in [6.07, 6.45) is 15.2. The zero-order chi connectivity index (χ0) is 18.0. The summed E-state index contributed by atoms with van der Waals surface area (Å²) >= 11 is 1.56. The molecule has 0 aliphatic heterocycles. The van der Waals surface area contributed by atoms with Gasteiger partial charge in [0.15, 0.2) is 6.10 Å². The highest BCUT2D eigenvalue weighted by molar-refractivity contribution is 7.98. The molecule has 0 aliphatic carbocycles. The van der Waals surface area contributed by atoms with E-state index in [9.17, 15) is 9.59 Å². The third-order valence-corrected chi connectivity index (χ3v) is 4.76.